The number of benzene rings is 3. The largest absolute Gasteiger partial charge is 0.491 e. The number of carbonyl (C=O) groups is 3. The van der Waals surface area contributed by atoms with Gasteiger partial charge in [-0.1, -0.05) is 43.3 Å². The van der Waals surface area contributed by atoms with E-state index in [1.54, 1.807) is 76.3 Å². The molecule has 27 heteroatoms. The van der Waals surface area contributed by atoms with E-state index in [1.165, 1.54) is 0 Å². The number of rotatable bonds is 12. The molecule has 3 saturated heterocycles. The lowest BCUT2D eigenvalue weighted by Crippen LogP contribution is -2.45. The van der Waals surface area contributed by atoms with Crippen LogP contribution in [0.4, 0.5) is 14.4 Å². The van der Waals surface area contributed by atoms with Gasteiger partial charge in [-0.2, -0.15) is 0 Å². The summed E-state index contributed by atoms with van der Waals surface area (Å²) in [6.07, 6.45) is 6.27. The van der Waals surface area contributed by atoms with Crippen LogP contribution in [0.1, 0.15) is 92.2 Å². The molecule has 0 aliphatic carbocycles. The summed E-state index contributed by atoms with van der Waals surface area (Å²) in [6, 6.07) is 15.2. The minimum atomic E-state index is -3.58. The van der Waals surface area contributed by atoms with Gasteiger partial charge in [0.15, 0.2) is 0 Å². The third-order valence-corrected chi connectivity index (χ3v) is 16.6. The number of hydrogen-bond acceptors (Lipinski definition) is 15. The Morgan fingerprint density at radius 1 is 0.547 bits per heavy atom. The van der Waals surface area contributed by atoms with Crippen LogP contribution in [0.5, 0.6) is 17.2 Å². The molecule has 0 bridgehead atoms. The first-order chi connectivity index (χ1) is 35.7. The molecule has 3 fully saturated rings. The normalized spacial score (nSPS) is 21.4. The summed E-state index contributed by atoms with van der Waals surface area (Å²) in [5.41, 5.74) is 20.8. The Balaban J connectivity index is 0.000000164. The van der Waals surface area contributed by atoms with Gasteiger partial charge in [-0.3, -0.25) is 0 Å². The first kappa shape index (κ1) is 55.9. The molecular weight excluding hydrogens is 1030 g/mol. The number of amides is 6. The lowest BCUT2D eigenvalue weighted by Gasteiger charge is -2.26. The quantitative estimate of drug-likeness (QED) is 0.152. The summed E-state index contributed by atoms with van der Waals surface area (Å²) >= 11 is 0. The molecule has 6 heterocycles. The molecule has 0 saturated carbocycles. The molecule has 9 rings (SSSR count). The molecule has 9 N–H and O–H groups in total. The summed E-state index contributed by atoms with van der Waals surface area (Å²) in [5, 5.41) is 8.33. The molecule has 3 aromatic rings. The van der Waals surface area contributed by atoms with Crippen LogP contribution in [0.25, 0.3) is 0 Å². The van der Waals surface area contributed by atoms with Gasteiger partial charge in [0, 0.05) is 39.8 Å². The highest BCUT2D eigenvalue weighted by atomic mass is 32.2. The van der Waals surface area contributed by atoms with Crippen molar-refractivity contribution in [2.75, 3.05) is 59.6 Å². The van der Waals surface area contributed by atoms with Crippen LogP contribution >= 0.6 is 0 Å². The van der Waals surface area contributed by atoms with Gasteiger partial charge in [-0.25, -0.2) is 39.6 Å². The van der Waals surface area contributed by atoms with Gasteiger partial charge in [0.25, 0.3) is 30.1 Å². The average Bonchev–Trinajstić information content (AvgIpc) is 4.15. The van der Waals surface area contributed by atoms with Crippen molar-refractivity contribution in [3.05, 3.63) is 88.0 Å². The Morgan fingerprint density at radius 3 is 1.20 bits per heavy atom. The van der Waals surface area contributed by atoms with Crippen LogP contribution in [0.2, 0.25) is 0 Å². The van der Waals surface area contributed by atoms with Gasteiger partial charge in [-0.05, 0) is 86.8 Å². The second kappa shape index (κ2) is 24.2. The van der Waals surface area contributed by atoms with Crippen LogP contribution < -0.4 is 47.4 Å². The molecule has 0 radical (unpaired) electrons. The number of amidine groups is 3. The van der Waals surface area contributed by atoms with E-state index >= 15 is 0 Å². The van der Waals surface area contributed by atoms with Crippen molar-refractivity contribution in [1.29, 1.82) is 0 Å². The standard InChI is InChI=1S/C17H24N4O4S.C16H22N4O4S.C15H20N4O4S/c1-2-8-19-17(22)21-9-4-6-13(21)10-25-14-7-3-5-12-11-26(23,24)20-16(18)15(12)14;1-2-18-16(21)20-8-4-6-12(20)9-24-13-7-3-5-11-10-25(22,23)19-15(17)14(11)13;1-17-15(20)19-7-3-5-11(19)8-23-12-6-2-4-10-9-24(21,22)18-14(16)13(10)12/h3,5,7,13H,2,4,6,8-11H2,1H3,(H2,18,20)(H,19,22);3,5,7,12H,2,4,6,8-10H2,1H3,(H2,17,19)(H,18,21);2,4,6,11H,3,5,7-9H2,1H3,(H2,16,18)(H,17,20)/t13-;12-;11-/m011/s1. The van der Waals surface area contributed by atoms with E-state index < -0.39 is 30.1 Å². The Labute approximate surface area is 437 Å². The molecule has 0 unspecified atom stereocenters. The third-order valence-electron chi connectivity index (χ3n) is 13.1. The summed E-state index contributed by atoms with van der Waals surface area (Å²) < 4.78 is 98.8. The first-order valence-corrected chi connectivity index (χ1v) is 29.6. The van der Waals surface area contributed by atoms with Crippen LogP contribution in [0.15, 0.2) is 67.8 Å². The van der Waals surface area contributed by atoms with Crippen LogP contribution in [-0.4, -0.2) is 153 Å². The van der Waals surface area contributed by atoms with Crippen LogP contribution in [0, 0.1) is 0 Å². The fourth-order valence-electron chi connectivity index (χ4n) is 9.71. The van der Waals surface area contributed by atoms with Crippen molar-refractivity contribution in [3.8, 4) is 17.2 Å². The van der Waals surface area contributed by atoms with Gasteiger partial charge in [-0.15, -0.1) is 13.2 Å². The number of nitrogens with zero attached hydrogens (tertiary/aromatic N) is 6. The molecule has 3 aromatic carbocycles. The van der Waals surface area contributed by atoms with E-state index in [-0.39, 0.29) is 71.0 Å². The van der Waals surface area contributed by atoms with Crippen molar-refractivity contribution in [3.63, 3.8) is 0 Å². The number of carbonyl (C=O) groups excluding carboxylic acids is 3. The molecule has 0 aromatic heterocycles. The van der Waals surface area contributed by atoms with Crippen molar-refractivity contribution in [1.82, 2.24) is 30.7 Å². The number of ether oxygens (including phenoxy) is 3. The lowest BCUT2D eigenvalue weighted by molar-refractivity contribution is 0.165. The predicted octanol–water partition coefficient (Wildman–Crippen LogP) is 2.42. The Kier molecular flexibility index (Phi) is 18.0. The van der Waals surface area contributed by atoms with Crippen molar-refractivity contribution < 1.29 is 53.8 Å². The smallest absolute Gasteiger partial charge is 0.317 e. The summed E-state index contributed by atoms with van der Waals surface area (Å²) in [7, 11) is -9.12. The highest BCUT2D eigenvalue weighted by Gasteiger charge is 2.34. The molecule has 408 valence electrons. The molecule has 0 spiro atoms. The monoisotopic (exact) mass is 1100 g/mol. The zero-order valence-corrected chi connectivity index (χ0v) is 44.6. The highest BCUT2D eigenvalue weighted by molar-refractivity contribution is 7.90. The number of urea groups is 3. The Morgan fingerprint density at radius 2 is 0.880 bits per heavy atom. The van der Waals surface area contributed by atoms with Gasteiger partial charge >= 0.3 is 18.1 Å². The highest BCUT2D eigenvalue weighted by Crippen LogP contribution is 2.32. The van der Waals surface area contributed by atoms with Crippen molar-refractivity contribution in [2.45, 2.75) is 94.2 Å². The number of likely N-dealkylation sites (tertiary alicyclic amines) is 3. The second-order valence-corrected chi connectivity index (χ2v) is 23.4. The van der Waals surface area contributed by atoms with Crippen molar-refractivity contribution in [2.24, 2.45) is 30.4 Å². The molecule has 24 nitrogen and oxygen atoms in total. The van der Waals surface area contributed by atoms with E-state index in [2.05, 4.69) is 29.1 Å². The lowest BCUT2D eigenvalue weighted by atomic mass is 10.1. The van der Waals surface area contributed by atoms with E-state index in [9.17, 15) is 39.6 Å². The Hall–Kier alpha value is -6.87. The predicted molar refractivity (Wildman–Crippen MR) is 282 cm³/mol. The van der Waals surface area contributed by atoms with Crippen LogP contribution in [0.3, 0.4) is 0 Å². The van der Waals surface area contributed by atoms with Gasteiger partial charge < -0.3 is 62.1 Å². The third kappa shape index (κ3) is 13.9. The van der Waals surface area contributed by atoms with Crippen molar-refractivity contribution >= 4 is 65.7 Å². The molecule has 75 heavy (non-hydrogen) atoms. The van der Waals surface area contributed by atoms with E-state index in [0.717, 1.165) is 44.9 Å². The fourth-order valence-corrected chi connectivity index (χ4v) is 13.0. The summed E-state index contributed by atoms with van der Waals surface area (Å²) in [6.45, 7) is 8.21. The minimum Gasteiger partial charge on any atom is -0.491 e. The average molecular weight is 1100 g/mol. The maximum absolute atomic E-state index is 12.2. The van der Waals surface area contributed by atoms with E-state index in [0.29, 0.717) is 103 Å². The number of sulfonamides is 3. The maximum atomic E-state index is 12.2. The van der Waals surface area contributed by atoms with E-state index in [4.69, 9.17) is 31.4 Å². The zero-order valence-electron chi connectivity index (χ0n) is 42.2. The number of fused-ring (bicyclic) bond motifs is 3. The second-order valence-electron chi connectivity index (χ2n) is 18.5. The van der Waals surface area contributed by atoms with E-state index in [1.807, 2.05) is 13.8 Å². The molecule has 3 atom stereocenters. The SMILES string of the molecule is CCCNC(=O)N1CCC[C@H]1COc1cccc2c1C(N)=NS(=O)(=O)C2.CCNC(=O)N1CCC[C@@H]1COc1cccc2c1C(N)=NS(=O)(=O)C2.CNC(=O)N1CCC[C@@H]1COc1cccc2c1C(N)=NS(=O)(=O)C2. The van der Waals surface area contributed by atoms with Gasteiger partial charge in [0.05, 0.1) is 52.1 Å². The maximum Gasteiger partial charge on any atom is 0.317 e. The molecule has 6 aliphatic heterocycles. The molecule has 6 amide bonds. The van der Waals surface area contributed by atoms with Crippen LogP contribution in [-0.2, 0) is 47.3 Å². The fraction of sp³-hybridized carbons (Fsp3) is 0.500. The number of nitrogens with two attached hydrogens (primary N) is 3. The summed E-state index contributed by atoms with van der Waals surface area (Å²) in [4.78, 5) is 41.5. The van der Waals surface area contributed by atoms with Gasteiger partial charge in [0.2, 0.25) is 0 Å². The minimum absolute atomic E-state index is 0.0202. The Bertz CT molecular complexity index is 3060. The number of hydrogen-bond donors (Lipinski definition) is 6. The molecular formula is C48H66N12O12S3. The zero-order chi connectivity index (χ0) is 54.1. The topological polar surface area (TPSA) is 342 Å². The molecule has 6 aliphatic rings. The first-order valence-electron chi connectivity index (χ1n) is 24.8. The summed E-state index contributed by atoms with van der Waals surface area (Å²) in [5.74, 6) is 0.775. The van der Waals surface area contributed by atoms with Gasteiger partial charge in [0.1, 0.15) is 54.6 Å². The number of nitrogens with one attached hydrogen (secondary N) is 3.